The van der Waals surface area contributed by atoms with Crippen molar-refractivity contribution in [3.05, 3.63) is 30.7 Å². The second kappa shape index (κ2) is 5.34. The number of β-amino-alcohol motifs (C(OH)–C–C–N with tert-alkyl or cyclic N) is 1. The van der Waals surface area contributed by atoms with Gasteiger partial charge in [0.2, 0.25) is 0 Å². The number of likely N-dealkylation sites (N-methyl/N-ethyl adjacent to an activating group) is 1. The molecule has 106 valence electrons. The molecular weight excluding hydrogens is 252 g/mol. The Bertz CT molecular complexity index is 594. The minimum atomic E-state index is -0.662. The molecular formula is C15H20N4O. The van der Waals surface area contributed by atoms with Crippen LogP contribution in [0, 0.1) is 0 Å². The smallest absolute Gasteiger partial charge is 0.0945 e. The second-order valence-corrected chi connectivity index (χ2v) is 5.50. The minimum absolute atomic E-state index is 0.616. The average molecular weight is 272 g/mol. The van der Waals surface area contributed by atoms with Crippen molar-refractivity contribution in [2.24, 2.45) is 0 Å². The van der Waals surface area contributed by atoms with Gasteiger partial charge in [-0.05, 0) is 32.0 Å². The van der Waals surface area contributed by atoms with E-state index in [9.17, 15) is 5.11 Å². The van der Waals surface area contributed by atoms with Gasteiger partial charge in [0.25, 0.3) is 0 Å². The van der Waals surface area contributed by atoms with Crippen molar-refractivity contribution < 1.29 is 5.11 Å². The maximum atomic E-state index is 10.6. The highest BCUT2D eigenvalue weighted by atomic mass is 16.3. The zero-order chi connectivity index (χ0) is 14.0. The third kappa shape index (κ3) is 2.46. The summed E-state index contributed by atoms with van der Waals surface area (Å²) in [6, 6.07) is 3.93. The number of nitrogens with zero attached hydrogens (tertiary/aromatic N) is 3. The quantitative estimate of drug-likeness (QED) is 0.878. The largest absolute Gasteiger partial charge is 0.387 e. The van der Waals surface area contributed by atoms with E-state index < -0.39 is 5.60 Å². The summed E-state index contributed by atoms with van der Waals surface area (Å²) in [5, 5.41) is 14.8. The standard InChI is InChI=1S/C15H20N4O/c1-16-10-15(20)5-2-8-19(11-15)14-4-7-18-13-3-6-17-9-12(13)14/h3-4,6-7,9,16,20H,2,5,8,10-11H2,1H3/t15-/m1/s1. The molecule has 1 aliphatic heterocycles. The molecule has 1 aliphatic rings. The summed E-state index contributed by atoms with van der Waals surface area (Å²) >= 11 is 0. The van der Waals surface area contributed by atoms with Gasteiger partial charge >= 0.3 is 0 Å². The molecule has 0 radical (unpaired) electrons. The van der Waals surface area contributed by atoms with E-state index in [0.29, 0.717) is 13.1 Å². The number of rotatable bonds is 3. The topological polar surface area (TPSA) is 61.3 Å². The summed E-state index contributed by atoms with van der Waals surface area (Å²) < 4.78 is 0. The molecule has 3 rings (SSSR count). The SMILES string of the molecule is CNC[C@]1(O)CCCN(c2ccnc3ccncc23)C1. The lowest BCUT2D eigenvalue weighted by molar-refractivity contribution is 0.0282. The van der Waals surface area contributed by atoms with E-state index in [1.54, 1.807) is 6.20 Å². The number of aliphatic hydroxyl groups is 1. The van der Waals surface area contributed by atoms with Crippen LogP contribution in [0.1, 0.15) is 12.8 Å². The number of pyridine rings is 2. The summed E-state index contributed by atoms with van der Waals surface area (Å²) in [7, 11) is 1.88. The van der Waals surface area contributed by atoms with Crippen LogP contribution in [0.15, 0.2) is 30.7 Å². The first kappa shape index (κ1) is 13.3. The first-order chi connectivity index (χ1) is 9.72. The van der Waals surface area contributed by atoms with Crippen molar-refractivity contribution in [1.82, 2.24) is 15.3 Å². The molecule has 1 fully saturated rings. The van der Waals surface area contributed by atoms with Crippen LogP contribution in [-0.4, -0.2) is 47.4 Å². The molecule has 20 heavy (non-hydrogen) atoms. The third-order valence-corrected chi connectivity index (χ3v) is 3.92. The van der Waals surface area contributed by atoms with Crippen LogP contribution in [0.2, 0.25) is 0 Å². The molecule has 0 amide bonds. The van der Waals surface area contributed by atoms with Crippen LogP contribution in [0.5, 0.6) is 0 Å². The predicted octanol–water partition coefficient (Wildman–Crippen LogP) is 1.18. The fraction of sp³-hybridized carbons (Fsp3) is 0.467. The van der Waals surface area contributed by atoms with Gasteiger partial charge in [-0.1, -0.05) is 0 Å². The van der Waals surface area contributed by atoms with Gasteiger partial charge in [-0.25, -0.2) is 0 Å². The van der Waals surface area contributed by atoms with Gasteiger partial charge in [0.05, 0.1) is 11.1 Å². The molecule has 2 aromatic rings. The number of hydrogen-bond donors (Lipinski definition) is 2. The lowest BCUT2D eigenvalue weighted by atomic mass is 9.92. The van der Waals surface area contributed by atoms with Gasteiger partial charge in [0.15, 0.2) is 0 Å². The summed E-state index contributed by atoms with van der Waals surface area (Å²) in [4.78, 5) is 10.8. The van der Waals surface area contributed by atoms with Gasteiger partial charge in [0, 0.05) is 49.3 Å². The molecule has 0 aliphatic carbocycles. The van der Waals surface area contributed by atoms with Crippen LogP contribution in [-0.2, 0) is 0 Å². The number of hydrogen-bond acceptors (Lipinski definition) is 5. The first-order valence-electron chi connectivity index (χ1n) is 7.02. The van der Waals surface area contributed by atoms with E-state index in [4.69, 9.17) is 0 Å². The molecule has 2 N–H and O–H groups in total. The predicted molar refractivity (Wildman–Crippen MR) is 79.9 cm³/mol. The van der Waals surface area contributed by atoms with Crippen molar-refractivity contribution in [3.63, 3.8) is 0 Å². The van der Waals surface area contributed by atoms with Crippen LogP contribution in [0.25, 0.3) is 10.9 Å². The molecule has 5 heteroatoms. The van der Waals surface area contributed by atoms with Crippen molar-refractivity contribution in [1.29, 1.82) is 0 Å². The Kier molecular flexibility index (Phi) is 3.54. The van der Waals surface area contributed by atoms with Gasteiger partial charge in [-0.3, -0.25) is 9.97 Å². The highest BCUT2D eigenvalue weighted by Crippen LogP contribution is 2.30. The molecule has 0 saturated carbocycles. The normalized spacial score (nSPS) is 23.2. The fourth-order valence-electron chi connectivity index (χ4n) is 3.04. The van der Waals surface area contributed by atoms with Crippen LogP contribution in [0.4, 0.5) is 5.69 Å². The molecule has 0 spiro atoms. The van der Waals surface area contributed by atoms with Gasteiger partial charge in [0.1, 0.15) is 0 Å². The molecule has 0 bridgehead atoms. The molecule has 1 saturated heterocycles. The molecule has 3 heterocycles. The maximum Gasteiger partial charge on any atom is 0.0945 e. The average Bonchev–Trinajstić information content (AvgIpc) is 2.46. The summed E-state index contributed by atoms with van der Waals surface area (Å²) in [5.41, 5.74) is 1.39. The van der Waals surface area contributed by atoms with Gasteiger partial charge in [-0.2, -0.15) is 0 Å². The molecule has 0 unspecified atom stereocenters. The van der Waals surface area contributed by atoms with E-state index in [-0.39, 0.29) is 0 Å². The molecule has 1 atom stereocenters. The van der Waals surface area contributed by atoms with Gasteiger partial charge < -0.3 is 15.3 Å². The van der Waals surface area contributed by atoms with Crippen LogP contribution in [0.3, 0.4) is 0 Å². The Labute approximate surface area is 118 Å². The zero-order valence-electron chi connectivity index (χ0n) is 11.7. The number of piperidine rings is 1. The fourth-order valence-corrected chi connectivity index (χ4v) is 3.04. The third-order valence-electron chi connectivity index (χ3n) is 3.92. The number of aromatic nitrogens is 2. The lowest BCUT2D eigenvalue weighted by Crippen LogP contribution is -2.53. The lowest BCUT2D eigenvalue weighted by Gasteiger charge is -2.40. The number of nitrogens with one attached hydrogen (secondary N) is 1. The van der Waals surface area contributed by atoms with Crippen molar-refractivity contribution in [2.45, 2.75) is 18.4 Å². The Morgan fingerprint density at radius 2 is 2.30 bits per heavy atom. The molecule has 5 nitrogen and oxygen atoms in total. The van der Waals surface area contributed by atoms with E-state index in [1.807, 2.05) is 31.6 Å². The summed E-state index contributed by atoms with van der Waals surface area (Å²) in [6.45, 7) is 2.21. The van der Waals surface area contributed by atoms with Crippen LogP contribution >= 0.6 is 0 Å². The number of fused-ring (bicyclic) bond motifs is 1. The van der Waals surface area contributed by atoms with E-state index in [1.165, 1.54) is 0 Å². The Hall–Kier alpha value is -1.72. The van der Waals surface area contributed by atoms with Crippen molar-refractivity contribution in [3.8, 4) is 0 Å². The highest BCUT2D eigenvalue weighted by molar-refractivity contribution is 5.90. The summed E-state index contributed by atoms with van der Waals surface area (Å²) in [5.74, 6) is 0. The van der Waals surface area contributed by atoms with Crippen molar-refractivity contribution >= 4 is 16.6 Å². The van der Waals surface area contributed by atoms with E-state index in [2.05, 4.69) is 20.2 Å². The van der Waals surface area contributed by atoms with E-state index >= 15 is 0 Å². The summed E-state index contributed by atoms with van der Waals surface area (Å²) in [6.07, 6.45) is 7.26. The van der Waals surface area contributed by atoms with E-state index in [0.717, 1.165) is 36.0 Å². The highest BCUT2D eigenvalue weighted by Gasteiger charge is 2.33. The maximum absolute atomic E-state index is 10.6. The minimum Gasteiger partial charge on any atom is -0.387 e. The van der Waals surface area contributed by atoms with Gasteiger partial charge in [-0.15, -0.1) is 0 Å². The zero-order valence-corrected chi connectivity index (χ0v) is 11.7. The Morgan fingerprint density at radius 1 is 1.40 bits per heavy atom. The molecule has 0 aromatic carbocycles. The van der Waals surface area contributed by atoms with Crippen molar-refractivity contribution in [2.75, 3.05) is 31.6 Å². The first-order valence-corrected chi connectivity index (χ1v) is 7.02. The van der Waals surface area contributed by atoms with Crippen LogP contribution < -0.4 is 10.2 Å². The monoisotopic (exact) mass is 272 g/mol. The second-order valence-electron chi connectivity index (χ2n) is 5.50. The molecule has 2 aromatic heterocycles. The Morgan fingerprint density at radius 3 is 3.15 bits per heavy atom. The number of anilines is 1. The Balaban J connectivity index is 1.94.